The average molecular weight is 261 g/mol. The quantitative estimate of drug-likeness (QED) is 0.854. The van der Waals surface area contributed by atoms with Crippen LogP contribution < -0.4 is 5.32 Å². The number of aryl methyl sites for hydroxylation is 1. The van der Waals surface area contributed by atoms with Gasteiger partial charge in [-0.2, -0.15) is 0 Å². The molecule has 2 nitrogen and oxygen atoms in total. The van der Waals surface area contributed by atoms with Crippen molar-refractivity contribution in [2.45, 2.75) is 53.9 Å². The fourth-order valence-electron chi connectivity index (χ4n) is 2.02. The lowest BCUT2D eigenvalue weighted by atomic mass is 9.83. The van der Waals surface area contributed by atoms with E-state index in [0.717, 1.165) is 5.56 Å². The number of amides is 1. The largest absolute Gasteiger partial charge is 0.352 e. The van der Waals surface area contributed by atoms with Crippen LogP contribution in [0.4, 0.5) is 0 Å². The van der Waals surface area contributed by atoms with Gasteiger partial charge in [0, 0.05) is 12.1 Å². The lowest BCUT2D eigenvalue weighted by molar-refractivity contribution is 0.0939. The van der Waals surface area contributed by atoms with Crippen molar-refractivity contribution in [3.05, 3.63) is 34.9 Å². The van der Waals surface area contributed by atoms with Crippen LogP contribution in [0.5, 0.6) is 0 Å². The summed E-state index contributed by atoms with van der Waals surface area (Å²) in [4.78, 5) is 12.2. The second kappa shape index (κ2) is 5.36. The van der Waals surface area contributed by atoms with Crippen molar-refractivity contribution in [1.29, 1.82) is 0 Å². The first-order valence-electron chi connectivity index (χ1n) is 6.90. The molecule has 0 aliphatic heterocycles. The Balaban J connectivity index is 2.94. The minimum absolute atomic E-state index is 0.0143. The minimum atomic E-state index is 0.0143. The van der Waals surface area contributed by atoms with Gasteiger partial charge in [0.25, 0.3) is 5.91 Å². The van der Waals surface area contributed by atoms with Crippen molar-refractivity contribution in [3.63, 3.8) is 0 Å². The summed E-state index contributed by atoms with van der Waals surface area (Å²) >= 11 is 0. The Hall–Kier alpha value is -1.31. The summed E-state index contributed by atoms with van der Waals surface area (Å²) in [6, 6.07) is 5.96. The highest BCUT2D eigenvalue weighted by Crippen LogP contribution is 2.26. The zero-order valence-electron chi connectivity index (χ0n) is 13.3. The van der Waals surface area contributed by atoms with E-state index in [1.54, 1.807) is 0 Å². The number of benzene rings is 1. The number of hydrogen-bond donors (Lipinski definition) is 1. The van der Waals surface area contributed by atoms with Crippen LogP contribution in [-0.2, 0) is 5.41 Å². The molecule has 0 aliphatic carbocycles. The fraction of sp³-hybridized carbons (Fsp3) is 0.588. The maximum absolute atomic E-state index is 12.2. The summed E-state index contributed by atoms with van der Waals surface area (Å²) < 4.78 is 0. The molecule has 1 amide bonds. The normalized spacial score (nSPS) is 12.4. The maximum atomic E-state index is 12.2. The molecule has 0 fully saturated rings. The SMILES string of the molecule is Cc1ccc(C(=O)NCC(C)(C)C)cc1C(C)(C)C. The second-order valence-electron chi connectivity index (χ2n) is 7.52. The summed E-state index contributed by atoms with van der Waals surface area (Å²) in [5, 5.41) is 3.00. The molecule has 1 rings (SSSR count). The summed E-state index contributed by atoms with van der Waals surface area (Å²) in [6.45, 7) is 15.6. The molecular weight excluding hydrogens is 234 g/mol. The van der Waals surface area contributed by atoms with Crippen molar-refractivity contribution in [3.8, 4) is 0 Å². The van der Waals surface area contributed by atoms with Crippen LogP contribution in [0.1, 0.15) is 63.0 Å². The molecule has 0 aromatic heterocycles. The van der Waals surface area contributed by atoms with Crippen LogP contribution in [0.3, 0.4) is 0 Å². The Morgan fingerprint density at radius 1 is 1.11 bits per heavy atom. The van der Waals surface area contributed by atoms with E-state index in [1.165, 1.54) is 11.1 Å². The predicted molar refractivity (Wildman–Crippen MR) is 81.7 cm³/mol. The highest BCUT2D eigenvalue weighted by molar-refractivity contribution is 5.94. The number of nitrogens with one attached hydrogen (secondary N) is 1. The Labute approximate surface area is 117 Å². The van der Waals surface area contributed by atoms with E-state index in [-0.39, 0.29) is 16.7 Å². The van der Waals surface area contributed by atoms with E-state index in [1.807, 2.05) is 18.2 Å². The molecule has 0 aliphatic rings. The Morgan fingerprint density at radius 3 is 2.16 bits per heavy atom. The number of rotatable bonds is 2. The molecule has 0 radical (unpaired) electrons. The number of hydrogen-bond acceptors (Lipinski definition) is 1. The van der Waals surface area contributed by atoms with Crippen LogP contribution in [-0.4, -0.2) is 12.5 Å². The van der Waals surface area contributed by atoms with Gasteiger partial charge in [-0.1, -0.05) is 47.6 Å². The first-order chi connectivity index (χ1) is 8.50. The van der Waals surface area contributed by atoms with Gasteiger partial charge in [-0.05, 0) is 41.0 Å². The molecule has 106 valence electrons. The molecule has 1 aromatic carbocycles. The van der Waals surface area contributed by atoms with Crippen molar-refractivity contribution in [1.82, 2.24) is 5.32 Å². The Bertz CT molecular complexity index is 461. The third-order valence-corrected chi connectivity index (χ3v) is 3.09. The molecule has 1 N–H and O–H groups in total. The lowest BCUT2D eigenvalue weighted by Crippen LogP contribution is -2.32. The highest BCUT2D eigenvalue weighted by Gasteiger charge is 2.19. The van der Waals surface area contributed by atoms with Crippen molar-refractivity contribution in [2.24, 2.45) is 5.41 Å². The van der Waals surface area contributed by atoms with Gasteiger partial charge in [0.05, 0.1) is 0 Å². The molecule has 19 heavy (non-hydrogen) atoms. The van der Waals surface area contributed by atoms with Gasteiger partial charge >= 0.3 is 0 Å². The van der Waals surface area contributed by atoms with Gasteiger partial charge in [-0.15, -0.1) is 0 Å². The van der Waals surface area contributed by atoms with Gasteiger partial charge in [0.1, 0.15) is 0 Å². The van der Waals surface area contributed by atoms with Crippen LogP contribution in [0.2, 0.25) is 0 Å². The van der Waals surface area contributed by atoms with Crippen LogP contribution in [0.25, 0.3) is 0 Å². The van der Waals surface area contributed by atoms with E-state index < -0.39 is 0 Å². The number of carbonyl (C=O) groups excluding carboxylic acids is 1. The summed E-state index contributed by atoms with van der Waals surface area (Å²) in [5.74, 6) is 0.0143. The van der Waals surface area contributed by atoms with Gasteiger partial charge in [0.2, 0.25) is 0 Å². The smallest absolute Gasteiger partial charge is 0.251 e. The van der Waals surface area contributed by atoms with Crippen molar-refractivity contribution >= 4 is 5.91 Å². The molecule has 1 aromatic rings. The molecule has 0 saturated heterocycles. The van der Waals surface area contributed by atoms with Crippen LogP contribution in [0, 0.1) is 12.3 Å². The van der Waals surface area contributed by atoms with Gasteiger partial charge in [-0.25, -0.2) is 0 Å². The summed E-state index contributed by atoms with van der Waals surface area (Å²) in [7, 11) is 0. The van der Waals surface area contributed by atoms with Gasteiger partial charge in [-0.3, -0.25) is 4.79 Å². The second-order valence-corrected chi connectivity index (χ2v) is 7.52. The van der Waals surface area contributed by atoms with Crippen molar-refractivity contribution < 1.29 is 4.79 Å². The third-order valence-electron chi connectivity index (χ3n) is 3.09. The van der Waals surface area contributed by atoms with Gasteiger partial charge in [0.15, 0.2) is 0 Å². The summed E-state index contributed by atoms with van der Waals surface area (Å²) in [6.07, 6.45) is 0. The fourth-order valence-corrected chi connectivity index (χ4v) is 2.02. The Morgan fingerprint density at radius 2 is 1.68 bits per heavy atom. The maximum Gasteiger partial charge on any atom is 0.251 e. The lowest BCUT2D eigenvalue weighted by Gasteiger charge is -2.23. The van der Waals surface area contributed by atoms with Crippen molar-refractivity contribution in [2.75, 3.05) is 6.54 Å². The highest BCUT2D eigenvalue weighted by atomic mass is 16.1. The monoisotopic (exact) mass is 261 g/mol. The first kappa shape index (κ1) is 15.7. The van der Waals surface area contributed by atoms with Crippen LogP contribution >= 0.6 is 0 Å². The molecule has 0 bridgehead atoms. The predicted octanol–water partition coefficient (Wildman–Crippen LogP) is 4.07. The Kier molecular flexibility index (Phi) is 4.44. The molecule has 0 atom stereocenters. The van der Waals surface area contributed by atoms with E-state index in [2.05, 4.69) is 53.8 Å². The van der Waals surface area contributed by atoms with Gasteiger partial charge < -0.3 is 5.32 Å². The van der Waals surface area contributed by atoms with E-state index in [9.17, 15) is 4.79 Å². The molecular formula is C17H27NO. The average Bonchev–Trinajstić information content (AvgIpc) is 2.24. The molecule has 2 heteroatoms. The van der Waals surface area contributed by atoms with E-state index in [0.29, 0.717) is 6.54 Å². The molecule has 0 heterocycles. The summed E-state index contributed by atoms with van der Waals surface area (Å²) in [5.41, 5.74) is 3.38. The molecule has 0 saturated carbocycles. The first-order valence-corrected chi connectivity index (χ1v) is 6.90. The zero-order valence-corrected chi connectivity index (χ0v) is 13.3. The third kappa shape index (κ3) is 4.70. The molecule has 0 unspecified atom stereocenters. The topological polar surface area (TPSA) is 29.1 Å². The van der Waals surface area contributed by atoms with E-state index >= 15 is 0 Å². The molecule has 0 spiro atoms. The standard InChI is InChI=1S/C17H27NO/c1-12-8-9-13(10-14(12)17(5,6)7)15(19)18-11-16(2,3)4/h8-10H,11H2,1-7H3,(H,18,19). The van der Waals surface area contributed by atoms with E-state index in [4.69, 9.17) is 0 Å². The zero-order chi connectivity index (χ0) is 14.8. The van der Waals surface area contributed by atoms with Crippen LogP contribution in [0.15, 0.2) is 18.2 Å². The minimum Gasteiger partial charge on any atom is -0.352 e. The number of carbonyl (C=O) groups is 1.